The predicted molar refractivity (Wildman–Crippen MR) is 103 cm³/mol. The highest BCUT2D eigenvalue weighted by atomic mass is 19.4. The number of carbonyl (C=O) groups is 1. The molecule has 3 rings (SSSR count). The molecule has 0 fully saturated rings. The van der Waals surface area contributed by atoms with Crippen molar-refractivity contribution in [2.24, 2.45) is 5.10 Å². The average Bonchev–Trinajstić information content (AvgIpc) is 3.16. The number of aromatic nitrogens is 1. The van der Waals surface area contributed by atoms with Gasteiger partial charge in [0.2, 0.25) is 5.91 Å². The van der Waals surface area contributed by atoms with Gasteiger partial charge in [0, 0.05) is 23.5 Å². The fourth-order valence-electron chi connectivity index (χ4n) is 2.79. The van der Waals surface area contributed by atoms with E-state index in [1.54, 1.807) is 24.4 Å². The quantitative estimate of drug-likeness (QED) is 0.373. The lowest BCUT2D eigenvalue weighted by molar-refractivity contribution is -0.385. The van der Waals surface area contributed by atoms with Gasteiger partial charge in [-0.1, -0.05) is 24.3 Å². The largest absolute Gasteiger partial charge is 0.416 e. The Bertz CT molecular complexity index is 1110. The third-order valence-corrected chi connectivity index (χ3v) is 4.16. The number of halogens is 3. The Balaban J connectivity index is 1.71. The second-order valence-electron chi connectivity index (χ2n) is 6.21. The molecule has 0 bridgehead atoms. The first-order valence-corrected chi connectivity index (χ1v) is 8.65. The van der Waals surface area contributed by atoms with Crippen LogP contribution in [0.25, 0.3) is 5.69 Å². The summed E-state index contributed by atoms with van der Waals surface area (Å²) in [6, 6.07) is 13.9. The third kappa shape index (κ3) is 4.90. The molecule has 0 aliphatic carbocycles. The van der Waals surface area contributed by atoms with Crippen molar-refractivity contribution >= 4 is 17.8 Å². The maximum atomic E-state index is 12.9. The van der Waals surface area contributed by atoms with Crippen molar-refractivity contribution in [2.45, 2.75) is 12.6 Å². The summed E-state index contributed by atoms with van der Waals surface area (Å²) in [6.45, 7) is 0. The van der Waals surface area contributed by atoms with Crippen molar-refractivity contribution in [1.82, 2.24) is 9.99 Å². The number of hydrogen-bond donors (Lipinski definition) is 1. The van der Waals surface area contributed by atoms with E-state index in [0.29, 0.717) is 5.69 Å². The van der Waals surface area contributed by atoms with E-state index in [1.165, 1.54) is 41.1 Å². The summed E-state index contributed by atoms with van der Waals surface area (Å²) in [5.74, 6) is -0.572. The summed E-state index contributed by atoms with van der Waals surface area (Å²) in [5.41, 5.74) is 2.26. The van der Waals surface area contributed by atoms with Crippen molar-refractivity contribution in [3.05, 3.63) is 93.8 Å². The van der Waals surface area contributed by atoms with Crippen LogP contribution in [0.3, 0.4) is 0 Å². The van der Waals surface area contributed by atoms with Gasteiger partial charge in [0.15, 0.2) is 0 Å². The molecular formula is C20H15F3N4O3. The van der Waals surface area contributed by atoms with E-state index in [4.69, 9.17) is 0 Å². The number of hydrazone groups is 1. The lowest BCUT2D eigenvalue weighted by Gasteiger charge is -2.11. The van der Waals surface area contributed by atoms with Crippen LogP contribution in [0.1, 0.15) is 16.8 Å². The molecule has 0 spiro atoms. The number of nitrogens with zero attached hydrogens (tertiary/aromatic N) is 3. The lowest BCUT2D eigenvalue weighted by Crippen LogP contribution is -2.20. The highest BCUT2D eigenvalue weighted by Gasteiger charge is 2.30. The van der Waals surface area contributed by atoms with Gasteiger partial charge in [0.25, 0.3) is 5.69 Å². The molecule has 0 aliphatic heterocycles. The number of nitrogens with one attached hydrogen (secondary N) is 1. The zero-order chi connectivity index (χ0) is 21.7. The van der Waals surface area contributed by atoms with Crippen molar-refractivity contribution < 1.29 is 22.9 Å². The molecule has 154 valence electrons. The number of carbonyl (C=O) groups excluding carboxylic acids is 1. The zero-order valence-electron chi connectivity index (χ0n) is 15.3. The van der Waals surface area contributed by atoms with Crippen LogP contribution in [0.4, 0.5) is 18.9 Å². The molecule has 0 aliphatic rings. The lowest BCUT2D eigenvalue weighted by atomic mass is 10.1. The standard InChI is InChI=1S/C20H15F3N4O3/c21-20(22,23)15-6-3-7-16(12-15)26-10-4-8-17(26)13-24-25-19(28)11-14-5-1-2-9-18(14)27(29)30/h1-10,12-13H,11H2,(H,25,28). The number of hydrogen-bond acceptors (Lipinski definition) is 4. The van der Waals surface area contributed by atoms with Gasteiger partial charge in [0.1, 0.15) is 0 Å². The van der Waals surface area contributed by atoms with E-state index >= 15 is 0 Å². The summed E-state index contributed by atoms with van der Waals surface area (Å²) in [7, 11) is 0. The highest BCUT2D eigenvalue weighted by molar-refractivity contribution is 5.83. The third-order valence-electron chi connectivity index (χ3n) is 4.16. The number of nitro groups is 1. The first kappa shape index (κ1) is 20.8. The molecule has 0 unspecified atom stereocenters. The summed E-state index contributed by atoms with van der Waals surface area (Å²) >= 11 is 0. The molecule has 10 heteroatoms. The highest BCUT2D eigenvalue weighted by Crippen LogP contribution is 2.30. The van der Waals surface area contributed by atoms with E-state index in [0.717, 1.165) is 12.1 Å². The molecular weight excluding hydrogens is 401 g/mol. The van der Waals surface area contributed by atoms with Crippen LogP contribution in [0.15, 0.2) is 72.0 Å². The topological polar surface area (TPSA) is 89.5 Å². The van der Waals surface area contributed by atoms with E-state index in [9.17, 15) is 28.1 Å². The molecule has 0 radical (unpaired) electrons. The Morgan fingerprint density at radius 1 is 1.13 bits per heavy atom. The molecule has 7 nitrogen and oxygen atoms in total. The van der Waals surface area contributed by atoms with E-state index < -0.39 is 22.6 Å². The van der Waals surface area contributed by atoms with E-state index in [2.05, 4.69) is 10.5 Å². The van der Waals surface area contributed by atoms with Crippen molar-refractivity contribution in [3.63, 3.8) is 0 Å². The summed E-state index contributed by atoms with van der Waals surface area (Å²) < 4.78 is 40.3. The van der Waals surface area contributed by atoms with Crippen LogP contribution in [-0.4, -0.2) is 21.6 Å². The summed E-state index contributed by atoms with van der Waals surface area (Å²) in [4.78, 5) is 22.5. The number of rotatable bonds is 6. The first-order valence-electron chi connectivity index (χ1n) is 8.65. The molecule has 1 N–H and O–H groups in total. The average molecular weight is 416 g/mol. The second kappa shape index (κ2) is 8.60. The van der Waals surface area contributed by atoms with Crippen molar-refractivity contribution in [2.75, 3.05) is 0 Å². The maximum absolute atomic E-state index is 12.9. The van der Waals surface area contributed by atoms with Crippen molar-refractivity contribution in [1.29, 1.82) is 0 Å². The predicted octanol–water partition coefficient (Wildman–Crippen LogP) is 4.10. The Hall–Kier alpha value is -3.95. The minimum absolute atomic E-state index is 0.171. The molecule has 0 saturated carbocycles. The zero-order valence-corrected chi connectivity index (χ0v) is 15.3. The minimum Gasteiger partial charge on any atom is -0.316 e. The Morgan fingerprint density at radius 3 is 2.63 bits per heavy atom. The van der Waals surface area contributed by atoms with Crippen LogP contribution in [0.5, 0.6) is 0 Å². The van der Waals surface area contributed by atoms with Crippen LogP contribution >= 0.6 is 0 Å². The summed E-state index contributed by atoms with van der Waals surface area (Å²) in [5, 5.41) is 14.8. The SMILES string of the molecule is O=C(Cc1ccccc1[N+](=O)[O-])NN=Cc1cccn1-c1cccc(C(F)(F)F)c1. The van der Waals surface area contributed by atoms with Crippen LogP contribution < -0.4 is 5.43 Å². The summed E-state index contributed by atoms with van der Waals surface area (Å²) in [6.07, 6.45) is -1.88. The maximum Gasteiger partial charge on any atom is 0.416 e. The number of amides is 1. The Labute approximate surface area is 168 Å². The Morgan fingerprint density at radius 2 is 1.90 bits per heavy atom. The normalized spacial score (nSPS) is 11.6. The molecule has 1 heterocycles. The minimum atomic E-state index is -4.47. The van der Waals surface area contributed by atoms with Gasteiger partial charge in [-0.3, -0.25) is 14.9 Å². The second-order valence-corrected chi connectivity index (χ2v) is 6.21. The number of benzene rings is 2. The van der Waals surface area contributed by atoms with Crippen LogP contribution in [-0.2, 0) is 17.4 Å². The fourth-order valence-corrected chi connectivity index (χ4v) is 2.79. The van der Waals surface area contributed by atoms with Gasteiger partial charge in [-0.05, 0) is 30.3 Å². The van der Waals surface area contributed by atoms with E-state index in [1.807, 2.05) is 0 Å². The van der Waals surface area contributed by atoms with Crippen LogP contribution in [0, 0.1) is 10.1 Å². The van der Waals surface area contributed by atoms with Gasteiger partial charge in [-0.25, -0.2) is 5.43 Å². The molecule has 3 aromatic rings. The van der Waals surface area contributed by atoms with Crippen LogP contribution in [0.2, 0.25) is 0 Å². The number of para-hydroxylation sites is 1. The van der Waals surface area contributed by atoms with Gasteiger partial charge in [-0.15, -0.1) is 0 Å². The Kier molecular flexibility index (Phi) is 5.95. The van der Waals surface area contributed by atoms with Gasteiger partial charge in [-0.2, -0.15) is 18.3 Å². The number of nitro benzene ring substituents is 1. The smallest absolute Gasteiger partial charge is 0.316 e. The molecule has 0 saturated heterocycles. The first-order chi connectivity index (χ1) is 14.3. The van der Waals surface area contributed by atoms with Gasteiger partial charge < -0.3 is 4.57 Å². The van der Waals surface area contributed by atoms with E-state index in [-0.39, 0.29) is 23.4 Å². The molecule has 0 atom stereocenters. The van der Waals surface area contributed by atoms with Gasteiger partial charge >= 0.3 is 6.18 Å². The number of alkyl halides is 3. The van der Waals surface area contributed by atoms with Crippen molar-refractivity contribution in [3.8, 4) is 5.69 Å². The molecule has 1 amide bonds. The molecule has 30 heavy (non-hydrogen) atoms. The molecule has 1 aromatic heterocycles. The monoisotopic (exact) mass is 416 g/mol. The van der Waals surface area contributed by atoms with Gasteiger partial charge in [0.05, 0.1) is 28.8 Å². The fraction of sp³-hybridized carbons (Fsp3) is 0.100. The molecule has 2 aromatic carbocycles.